The van der Waals surface area contributed by atoms with Crippen LogP contribution in [-0.4, -0.2) is 54.7 Å². The third-order valence-corrected chi connectivity index (χ3v) is 4.70. The van der Waals surface area contributed by atoms with Crippen molar-refractivity contribution in [2.75, 3.05) is 32.8 Å². The largest absolute Gasteiger partial charge is 0.466 e. The van der Waals surface area contributed by atoms with Crippen LogP contribution < -0.4 is 5.32 Å². The highest BCUT2D eigenvalue weighted by Gasteiger charge is 2.28. The van der Waals surface area contributed by atoms with E-state index in [1.54, 1.807) is 12.1 Å². The van der Waals surface area contributed by atoms with Gasteiger partial charge in [0.2, 0.25) is 0 Å². The Bertz CT molecular complexity index is 630. The van der Waals surface area contributed by atoms with Crippen LogP contribution in [-0.2, 0) is 9.53 Å². The molecule has 0 spiro atoms. The number of piperidine rings is 1. The SMILES string of the molecule is CCNC(=NCC(O)c1ccccc1Cl)N1CCCC(C(=O)OCC)C1.I. The van der Waals surface area contributed by atoms with E-state index in [2.05, 4.69) is 15.2 Å². The number of guanidine groups is 1. The minimum absolute atomic E-state index is 0. The molecule has 1 aliphatic rings. The summed E-state index contributed by atoms with van der Waals surface area (Å²) in [5.41, 5.74) is 0.664. The monoisotopic (exact) mass is 509 g/mol. The summed E-state index contributed by atoms with van der Waals surface area (Å²) in [6, 6.07) is 7.22. The van der Waals surface area contributed by atoms with Crippen molar-refractivity contribution in [2.45, 2.75) is 32.8 Å². The second-order valence-electron chi connectivity index (χ2n) is 6.27. The number of esters is 1. The highest BCUT2D eigenvalue weighted by Crippen LogP contribution is 2.23. The maximum Gasteiger partial charge on any atom is 0.310 e. The number of aliphatic imine (C=N–C) groups is 1. The maximum atomic E-state index is 12.0. The summed E-state index contributed by atoms with van der Waals surface area (Å²) >= 11 is 6.14. The van der Waals surface area contributed by atoms with Gasteiger partial charge < -0.3 is 20.1 Å². The van der Waals surface area contributed by atoms with Crippen LogP contribution >= 0.6 is 35.6 Å². The van der Waals surface area contributed by atoms with Crippen molar-refractivity contribution >= 4 is 47.5 Å². The normalized spacial score (nSPS) is 18.4. The van der Waals surface area contributed by atoms with Gasteiger partial charge in [0.25, 0.3) is 0 Å². The van der Waals surface area contributed by atoms with Crippen LogP contribution in [0.15, 0.2) is 29.3 Å². The van der Waals surface area contributed by atoms with Crippen molar-refractivity contribution in [3.05, 3.63) is 34.9 Å². The molecule has 1 aromatic carbocycles. The Morgan fingerprint density at radius 1 is 1.44 bits per heavy atom. The van der Waals surface area contributed by atoms with Crippen LogP contribution in [0.3, 0.4) is 0 Å². The van der Waals surface area contributed by atoms with Gasteiger partial charge in [0.15, 0.2) is 5.96 Å². The fourth-order valence-electron chi connectivity index (χ4n) is 3.06. The third-order valence-electron chi connectivity index (χ3n) is 4.35. The Morgan fingerprint density at radius 3 is 2.85 bits per heavy atom. The van der Waals surface area contributed by atoms with Crippen molar-refractivity contribution in [2.24, 2.45) is 10.9 Å². The Morgan fingerprint density at radius 2 is 2.19 bits per heavy atom. The van der Waals surface area contributed by atoms with Gasteiger partial charge in [-0.2, -0.15) is 0 Å². The molecule has 6 nitrogen and oxygen atoms in total. The van der Waals surface area contributed by atoms with Gasteiger partial charge in [-0.25, -0.2) is 0 Å². The van der Waals surface area contributed by atoms with E-state index in [9.17, 15) is 9.90 Å². The molecule has 2 unspecified atom stereocenters. The van der Waals surface area contributed by atoms with Crippen molar-refractivity contribution in [3.63, 3.8) is 0 Å². The van der Waals surface area contributed by atoms with Crippen molar-refractivity contribution in [1.29, 1.82) is 0 Å². The summed E-state index contributed by atoms with van der Waals surface area (Å²) in [6.45, 7) is 6.52. The van der Waals surface area contributed by atoms with E-state index < -0.39 is 6.10 Å². The van der Waals surface area contributed by atoms with Gasteiger partial charge in [-0.3, -0.25) is 9.79 Å². The molecule has 2 N–H and O–H groups in total. The number of aliphatic hydroxyl groups is 1. The van der Waals surface area contributed by atoms with Gasteiger partial charge >= 0.3 is 5.97 Å². The Labute approximate surface area is 183 Å². The molecular weight excluding hydrogens is 481 g/mol. The van der Waals surface area contributed by atoms with Gasteiger partial charge in [-0.15, -0.1) is 24.0 Å². The zero-order valence-corrected chi connectivity index (χ0v) is 18.9. The summed E-state index contributed by atoms with van der Waals surface area (Å²) < 4.78 is 5.16. The van der Waals surface area contributed by atoms with E-state index in [0.717, 1.165) is 19.4 Å². The first-order valence-corrected chi connectivity index (χ1v) is 9.57. The number of carbonyl (C=O) groups excluding carboxylic acids is 1. The third kappa shape index (κ3) is 7.12. The van der Waals surface area contributed by atoms with E-state index in [1.807, 2.05) is 26.0 Å². The van der Waals surface area contributed by atoms with E-state index >= 15 is 0 Å². The van der Waals surface area contributed by atoms with Gasteiger partial charge in [0.05, 0.1) is 19.1 Å². The molecule has 8 heteroatoms. The summed E-state index contributed by atoms with van der Waals surface area (Å²) in [5, 5.41) is 14.2. The van der Waals surface area contributed by atoms with E-state index in [-0.39, 0.29) is 42.4 Å². The number of hydrogen-bond acceptors (Lipinski definition) is 4. The predicted octanol–water partition coefficient (Wildman–Crippen LogP) is 3.23. The number of likely N-dealkylation sites (tertiary alicyclic amines) is 1. The first kappa shape index (κ1) is 24.0. The number of halogens is 2. The molecule has 1 fully saturated rings. The first-order chi connectivity index (χ1) is 12.6. The molecule has 2 rings (SSSR count). The van der Waals surface area contributed by atoms with Gasteiger partial charge in [-0.1, -0.05) is 29.8 Å². The average Bonchev–Trinajstić information content (AvgIpc) is 2.65. The predicted molar refractivity (Wildman–Crippen MR) is 119 cm³/mol. The van der Waals surface area contributed by atoms with Crippen molar-refractivity contribution in [3.8, 4) is 0 Å². The molecule has 0 amide bonds. The molecule has 1 aliphatic heterocycles. The number of aliphatic hydroxyl groups excluding tert-OH is 1. The zero-order chi connectivity index (χ0) is 18.9. The summed E-state index contributed by atoms with van der Waals surface area (Å²) in [6.07, 6.45) is 0.959. The summed E-state index contributed by atoms with van der Waals surface area (Å²) in [4.78, 5) is 18.7. The van der Waals surface area contributed by atoms with Crippen molar-refractivity contribution in [1.82, 2.24) is 10.2 Å². The van der Waals surface area contributed by atoms with Crippen LogP contribution in [0.5, 0.6) is 0 Å². The van der Waals surface area contributed by atoms with Crippen molar-refractivity contribution < 1.29 is 14.6 Å². The fourth-order valence-corrected chi connectivity index (χ4v) is 3.33. The second kappa shape index (κ2) is 12.4. The molecule has 1 heterocycles. The zero-order valence-electron chi connectivity index (χ0n) is 15.9. The van der Waals surface area contributed by atoms with Gasteiger partial charge in [-0.05, 0) is 32.8 Å². The molecule has 0 saturated carbocycles. The average molecular weight is 510 g/mol. The number of hydrogen-bond donors (Lipinski definition) is 2. The number of carbonyl (C=O) groups is 1. The Hall–Kier alpha value is -1.06. The Kier molecular flexibility index (Phi) is 11.0. The lowest BCUT2D eigenvalue weighted by molar-refractivity contribution is -0.149. The molecule has 2 atom stereocenters. The number of nitrogens with zero attached hydrogens (tertiary/aromatic N) is 2. The van der Waals surface area contributed by atoms with Crippen LogP contribution in [0.2, 0.25) is 5.02 Å². The molecular formula is C19H29ClIN3O3. The van der Waals surface area contributed by atoms with E-state index in [0.29, 0.717) is 36.2 Å². The van der Waals surface area contributed by atoms with Crippen LogP contribution in [0.1, 0.15) is 38.4 Å². The number of rotatable bonds is 6. The lowest BCUT2D eigenvalue weighted by Crippen LogP contribution is -2.48. The lowest BCUT2D eigenvalue weighted by atomic mass is 9.98. The topological polar surface area (TPSA) is 74.2 Å². The minimum Gasteiger partial charge on any atom is -0.466 e. The molecule has 0 radical (unpaired) electrons. The quantitative estimate of drug-likeness (QED) is 0.267. The molecule has 0 aromatic heterocycles. The number of nitrogens with one attached hydrogen (secondary N) is 1. The maximum absolute atomic E-state index is 12.0. The van der Waals surface area contributed by atoms with Gasteiger partial charge in [0, 0.05) is 30.2 Å². The molecule has 1 aromatic rings. The van der Waals surface area contributed by atoms with Crippen LogP contribution in [0.4, 0.5) is 0 Å². The smallest absolute Gasteiger partial charge is 0.310 e. The van der Waals surface area contributed by atoms with Crippen LogP contribution in [0, 0.1) is 5.92 Å². The molecule has 0 bridgehead atoms. The molecule has 152 valence electrons. The first-order valence-electron chi connectivity index (χ1n) is 9.19. The van der Waals surface area contributed by atoms with Crippen LogP contribution in [0.25, 0.3) is 0 Å². The number of ether oxygens (including phenoxy) is 1. The summed E-state index contributed by atoms with van der Waals surface area (Å²) in [7, 11) is 0. The Balaban J connectivity index is 0.00000364. The lowest BCUT2D eigenvalue weighted by Gasteiger charge is -2.34. The molecule has 0 aliphatic carbocycles. The number of benzene rings is 1. The standard InChI is InChI=1S/C19H28ClN3O3.HI/c1-3-21-19(22-12-17(24)15-9-5-6-10-16(15)20)23-11-7-8-14(13-23)18(25)26-4-2;/h5-6,9-10,14,17,24H,3-4,7-8,11-13H2,1-2H3,(H,21,22);1H. The second-order valence-corrected chi connectivity index (χ2v) is 6.68. The van der Waals surface area contributed by atoms with Gasteiger partial charge in [0.1, 0.15) is 6.10 Å². The minimum atomic E-state index is -0.775. The molecule has 27 heavy (non-hydrogen) atoms. The highest BCUT2D eigenvalue weighted by molar-refractivity contribution is 14.0. The van der Waals surface area contributed by atoms with E-state index in [4.69, 9.17) is 16.3 Å². The van der Waals surface area contributed by atoms with E-state index in [1.165, 1.54) is 0 Å². The fraction of sp³-hybridized carbons (Fsp3) is 0.579. The molecule has 1 saturated heterocycles. The summed E-state index contributed by atoms with van der Waals surface area (Å²) in [5.74, 6) is 0.415. The highest BCUT2D eigenvalue weighted by atomic mass is 127.